The van der Waals surface area contributed by atoms with Gasteiger partial charge in [-0.05, 0) is 47.1 Å². The fourth-order valence-electron chi connectivity index (χ4n) is 3.86. The quantitative estimate of drug-likeness (QED) is 0.637. The molecule has 2 aliphatic rings. The van der Waals surface area contributed by atoms with Gasteiger partial charge in [0.15, 0.2) is 0 Å². The van der Waals surface area contributed by atoms with Crippen LogP contribution in [0.3, 0.4) is 0 Å². The van der Waals surface area contributed by atoms with Crippen molar-refractivity contribution < 1.29 is 0 Å². The third-order valence-electron chi connectivity index (χ3n) is 4.91. The Morgan fingerprint density at radius 3 is 2.58 bits per heavy atom. The molecule has 0 heteroatoms. The van der Waals surface area contributed by atoms with E-state index in [-0.39, 0.29) is 0 Å². The Labute approximate surface area is 115 Å². The molecule has 96 valence electrons. The smallest absolute Gasteiger partial charge is 0.00548 e. The fraction of sp³-hybridized carbons (Fsp3) is 0.368. The molecule has 0 saturated heterocycles. The molecule has 0 atom stereocenters. The molecule has 0 spiro atoms. The molecule has 0 heterocycles. The number of hydrogen-bond acceptors (Lipinski definition) is 0. The van der Waals surface area contributed by atoms with Crippen molar-refractivity contribution in [1.82, 2.24) is 0 Å². The summed E-state index contributed by atoms with van der Waals surface area (Å²) in [4.78, 5) is 0. The van der Waals surface area contributed by atoms with Crippen LogP contribution >= 0.6 is 0 Å². The van der Waals surface area contributed by atoms with Gasteiger partial charge in [0.1, 0.15) is 0 Å². The summed E-state index contributed by atoms with van der Waals surface area (Å²) in [6.45, 7) is 0. The Morgan fingerprint density at radius 1 is 0.842 bits per heavy atom. The first kappa shape index (κ1) is 11.3. The third kappa shape index (κ3) is 1.90. The predicted molar refractivity (Wildman–Crippen MR) is 82.2 cm³/mol. The van der Waals surface area contributed by atoms with Crippen molar-refractivity contribution in [3.05, 3.63) is 53.1 Å². The Hall–Kier alpha value is -1.56. The summed E-state index contributed by atoms with van der Waals surface area (Å²) in [5, 5.41) is 2.81. The summed E-state index contributed by atoms with van der Waals surface area (Å²) in [6, 6.07) is 13.4. The zero-order valence-electron chi connectivity index (χ0n) is 11.4. The maximum Gasteiger partial charge on any atom is -0.00548 e. The minimum Gasteiger partial charge on any atom is -0.0621 e. The molecule has 0 aliphatic heterocycles. The van der Waals surface area contributed by atoms with Gasteiger partial charge in [-0.15, -0.1) is 0 Å². The van der Waals surface area contributed by atoms with Crippen LogP contribution in [0, 0.1) is 5.92 Å². The summed E-state index contributed by atoms with van der Waals surface area (Å²) in [7, 11) is 0. The molecule has 2 aromatic carbocycles. The Bertz CT molecular complexity index is 642. The summed E-state index contributed by atoms with van der Waals surface area (Å²) in [5.74, 6) is 0.861. The van der Waals surface area contributed by atoms with Crippen LogP contribution in [0.25, 0.3) is 16.8 Å². The highest BCUT2D eigenvalue weighted by Crippen LogP contribution is 2.39. The van der Waals surface area contributed by atoms with E-state index < -0.39 is 0 Å². The lowest BCUT2D eigenvalue weighted by Gasteiger charge is -2.22. The molecular weight excluding hydrogens is 228 g/mol. The van der Waals surface area contributed by atoms with E-state index in [1.165, 1.54) is 54.9 Å². The second-order valence-corrected chi connectivity index (χ2v) is 6.09. The predicted octanol–water partition coefficient (Wildman–Crippen LogP) is 5.36. The third-order valence-corrected chi connectivity index (χ3v) is 4.91. The van der Waals surface area contributed by atoms with Crippen molar-refractivity contribution in [3.63, 3.8) is 0 Å². The molecule has 0 aromatic heterocycles. The van der Waals surface area contributed by atoms with Gasteiger partial charge in [-0.3, -0.25) is 0 Å². The van der Waals surface area contributed by atoms with E-state index >= 15 is 0 Å². The van der Waals surface area contributed by atoms with Gasteiger partial charge in [-0.25, -0.2) is 0 Å². The topological polar surface area (TPSA) is 0 Å². The van der Waals surface area contributed by atoms with Gasteiger partial charge in [0.05, 0.1) is 0 Å². The van der Waals surface area contributed by atoms with Gasteiger partial charge < -0.3 is 0 Å². The van der Waals surface area contributed by atoms with Gasteiger partial charge in [0.25, 0.3) is 0 Å². The van der Waals surface area contributed by atoms with Gasteiger partial charge in [0, 0.05) is 0 Å². The minimum atomic E-state index is 0.861. The maximum atomic E-state index is 2.51. The van der Waals surface area contributed by atoms with Crippen molar-refractivity contribution in [2.45, 2.75) is 38.5 Å². The number of allylic oxidation sites excluding steroid dienone is 1. The Morgan fingerprint density at radius 2 is 1.68 bits per heavy atom. The van der Waals surface area contributed by atoms with E-state index in [4.69, 9.17) is 0 Å². The molecule has 0 nitrogen and oxygen atoms in total. The molecule has 0 bridgehead atoms. The average molecular weight is 248 g/mol. The molecule has 0 amide bonds. The van der Waals surface area contributed by atoms with Gasteiger partial charge in [-0.1, -0.05) is 67.3 Å². The molecule has 0 N–H and O–H groups in total. The van der Waals surface area contributed by atoms with Crippen molar-refractivity contribution in [1.29, 1.82) is 0 Å². The van der Waals surface area contributed by atoms with E-state index in [9.17, 15) is 0 Å². The summed E-state index contributed by atoms with van der Waals surface area (Å²) in [5.41, 5.74) is 4.74. The normalized spacial score (nSPS) is 19.5. The lowest BCUT2D eigenvalue weighted by atomic mass is 9.83. The first-order chi connectivity index (χ1) is 9.42. The van der Waals surface area contributed by atoms with Crippen molar-refractivity contribution in [2.24, 2.45) is 5.92 Å². The number of hydrogen-bond donors (Lipinski definition) is 0. The van der Waals surface area contributed by atoms with E-state index in [0.29, 0.717) is 0 Å². The van der Waals surface area contributed by atoms with Crippen LogP contribution in [0.1, 0.15) is 43.2 Å². The van der Waals surface area contributed by atoms with Gasteiger partial charge in [0.2, 0.25) is 0 Å². The maximum absolute atomic E-state index is 2.51. The van der Waals surface area contributed by atoms with E-state index in [2.05, 4.69) is 42.5 Å². The molecular formula is C19H20. The van der Waals surface area contributed by atoms with Crippen LogP contribution in [-0.4, -0.2) is 0 Å². The minimum absolute atomic E-state index is 0.861. The molecule has 2 aromatic rings. The molecule has 1 fully saturated rings. The fourth-order valence-corrected chi connectivity index (χ4v) is 3.86. The van der Waals surface area contributed by atoms with Crippen molar-refractivity contribution in [2.75, 3.05) is 0 Å². The molecule has 2 aliphatic carbocycles. The van der Waals surface area contributed by atoms with E-state index in [1.807, 2.05) is 0 Å². The summed E-state index contributed by atoms with van der Waals surface area (Å²) >= 11 is 0. The highest BCUT2D eigenvalue weighted by Gasteiger charge is 2.23. The lowest BCUT2D eigenvalue weighted by Crippen LogP contribution is -2.08. The number of rotatable bonds is 1. The highest BCUT2D eigenvalue weighted by atomic mass is 14.3. The van der Waals surface area contributed by atoms with Crippen LogP contribution in [0.5, 0.6) is 0 Å². The Balaban J connectivity index is 1.77. The average Bonchev–Trinajstić information content (AvgIpc) is 2.93. The second kappa shape index (κ2) is 4.52. The van der Waals surface area contributed by atoms with Gasteiger partial charge >= 0.3 is 0 Å². The first-order valence-electron chi connectivity index (χ1n) is 7.63. The Kier molecular flexibility index (Phi) is 2.69. The SMILES string of the molecule is C1=C(C2CCCCC2)Cc2ccc3ccccc3c21. The van der Waals surface area contributed by atoms with E-state index in [0.717, 1.165) is 5.92 Å². The molecule has 0 unspecified atom stereocenters. The van der Waals surface area contributed by atoms with Crippen molar-refractivity contribution >= 4 is 16.8 Å². The standard InChI is InChI=1S/C19H20/c1-2-6-14(7-3-1)17-12-16-11-10-15-8-4-5-9-18(15)19(16)13-17/h4-5,8-11,13-14H,1-3,6-7,12H2. The number of fused-ring (bicyclic) bond motifs is 3. The molecule has 1 saturated carbocycles. The van der Waals surface area contributed by atoms with Crippen LogP contribution in [0.2, 0.25) is 0 Å². The molecule has 4 rings (SSSR count). The number of benzene rings is 2. The lowest BCUT2D eigenvalue weighted by molar-refractivity contribution is 0.401. The van der Waals surface area contributed by atoms with Crippen LogP contribution in [0.15, 0.2) is 42.0 Å². The first-order valence-corrected chi connectivity index (χ1v) is 7.63. The zero-order chi connectivity index (χ0) is 12.7. The van der Waals surface area contributed by atoms with Crippen LogP contribution in [-0.2, 0) is 6.42 Å². The van der Waals surface area contributed by atoms with Crippen LogP contribution < -0.4 is 0 Å². The zero-order valence-corrected chi connectivity index (χ0v) is 11.4. The van der Waals surface area contributed by atoms with Gasteiger partial charge in [-0.2, -0.15) is 0 Å². The molecule has 0 radical (unpaired) electrons. The summed E-state index contributed by atoms with van der Waals surface area (Å²) < 4.78 is 0. The summed E-state index contributed by atoms with van der Waals surface area (Å²) in [6.07, 6.45) is 10.8. The van der Waals surface area contributed by atoms with Crippen molar-refractivity contribution in [3.8, 4) is 0 Å². The second-order valence-electron chi connectivity index (χ2n) is 6.09. The largest absolute Gasteiger partial charge is 0.0621 e. The highest BCUT2D eigenvalue weighted by molar-refractivity contribution is 5.93. The van der Waals surface area contributed by atoms with Crippen LogP contribution in [0.4, 0.5) is 0 Å². The van der Waals surface area contributed by atoms with E-state index in [1.54, 1.807) is 11.1 Å². The molecule has 19 heavy (non-hydrogen) atoms. The monoisotopic (exact) mass is 248 g/mol.